The van der Waals surface area contributed by atoms with Crippen LogP contribution in [0.3, 0.4) is 0 Å². The Bertz CT molecular complexity index is 342. The maximum Gasteiger partial charge on any atom is 0.307 e. The van der Waals surface area contributed by atoms with Gasteiger partial charge in [0.05, 0.1) is 0 Å². The number of esters is 1. The molecule has 4 N–H and O–H groups in total. The van der Waals surface area contributed by atoms with Crippen LogP contribution in [0.1, 0.15) is 110 Å². The Hall–Kier alpha value is 0.590. The van der Waals surface area contributed by atoms with E-state index in [9.17, 15) is 4.79 Å². The largest absolute Gasteiger partial charge is 0.447 e. The molecule has 0 aromatic carbocycles. The van der Waals surface area contributed by atoms with Crippen molar-refractivity contribution >= 4 is 53.9 Å². The number of hydrogen-bond donors (Lipinski definition) is 2. The second-order valence-corrected chi connectivity index (χ2v) is 7.29. The van der Waals surface area contributed by atoms with Crippen molar-refractivity contribution in [1.82, 2.24) is 0 Å². The highest BCUT2D eigenvalue weighted by Gasteiger charge is 2.08. The van der Waals surface area contributed by atoms with Gasteiger partial charge >= 0.3 is 5.97 Å². The minimum atomic E-state index is -0.492. The third-order valence-corrected chi connectivity index (χ3v) is 4.62. The van der Waals surface area contributed by atoms with Gasteiger partial charge in [-0.1, -0.05) is 70.4 Å². The molecule has 0 aliphatic rings. The summed E-state index contributed by atoms with van der Waals surface area (Å²) >= 11 is 0. The number of rotatable bonds is 19. The van der Waals surface area contributed by atoms with Gasteiger partial charge in [0.2, 0.25) is 0 Å². The normalized spacial score (nSPS) is 11.7. The lowest BCUT2D eigenvalue weighted by atomic mass is 10.1. The summed E-state index contributed by atoms with van der Waals surface area (Å²) in [6.45, 7) is 2.85. The summed E-state index contributed by atoms with van der Waals surface area (Å²) in [5.41, 5.74) is 11.1. The molecule has 0 aromatic rings. The third kappa shape index (κ3) is 26.6. The van der Waals surface area contributed by atoms with Crippen molar-refractivity contribution < 1.29 is 9.53 Å². The summed E-state index contributed by atoms with van der Waals surface area (Å²) in [5, 5.41) is 0. The monoisotopic (exact) mass is 624 g/mol. The lowest BCUT2D eigenvalue weighted by Crippen LogP contribution is -2.27. The molecule has 0 rings (SSSR count). The van der Waals surface area contributed by atoms with Crippen molar-refractivity contribution in [3.8, 4) is 0 Å². The molecule has 0 saturated carbocycles. The molecule has 0 radical (unpaired) electrons. The van der Waals surface area contributed by atoms with E-state index in [0.29, 0.717) is 19.4 Å². The summed E-state index contributed by atoms with van der Waals surface area (Å²) in [6.07, 6.45) is 22.5. The Morgan fingerprint density at radius 1 is 0.821 bits per heavy atom. The smallest absolute Gasteiger partial charge is 0.307 e. The van der Waals surface area contributed by atoms with E-state index in [1.807, 2.05) is 0 Å². The molecule has 0 saturated heterocycles. The Morgan fingerprint density at radius 3 is 1.86 bits per heavy atom. The second-order valence-electron chi connectivity index (χ2n) is 7.29. The van der Waals surface area contributed by atoms with Crippen LogP contribution in [0.4, 0.5) is 0 Å². The first kappa shape index (κ1) is 33.2. The number of ether oxygens (including phenoxy) is 1. The summed E-state index contributed by atoms with van der Waals surface area (Å²) in [7, 11) is 0. The molecular weight excluding hydrogens is 578 g/mol. The Morgan fingerprint density at radius 2 is 1.32 bits per heavy atom. The molecule has 4 nitrogen and oxygen atoms in total. The summed E-state index contributed by atoms with van der Waals surface area (Å²) < 4.78 is 5.15. The van der Waals surface area contributed by atoms with Crippen molar-refractivity contribution in [3.63, 3.8) is 0 Å². The quantitative estimate of drug-likeness (QED) is 0.0544. The second kappa shape index (κ2) is 27.6. The molecule has 170 valence electrons. The number of hydrogen-bond acceptors (Lipinski definition) is 4. The maximum absolute atomic E-state index is 11.6. The molecule has 0 bridgehead atoms. The number of carbonyl (C=O) groups is 1. The maximum atomic E-state index is 11.6. The fourth-order valence-corrected chi connectivity index (χ4v) is 2.95. The number of carbonyl (C=O) groups excluding carboxylic acids is 1. The van der Waals surface area contributed by atoms with E-state index in [0.717, 1.165) is 19.3 Å². The first-order chi connectivity index (χ1) is 12.7. The molecule has 0 fully saturated rings. The van der Waals surface area contributed by atoms with Gasteiger partial charge in [-0.05, 0) is 51.5 Å². The van der Waals surface area contributed by atoms with Gasteiger partial charge in [0, 0.05) is 6.42 Å². The van der Waals surface area contributed by atoms with Gasteiger partial charge in [0.25, 0.3) is 0 Å². The Labute approximate surface area is 208 Å². The lowest BCUT2D eigenvalue weighted by molar-refractivity contribution is -0.149. The predicted octanol–water partition coefficient (Wildman–Crippen LogP) is 6.83. The van der Waals surface area contributed by atoms with Crippen molar-refractivity contribution in [3.05, 3.63) is 12.2 Å². The topological polar surface area (TPSA) is 78.3 Å². The minimum absolute atomic E-state index is 0. The van der Waals surface area contributed by atoms with Gasteiger partial charge < -0.3 is 10.5 Å². The molecule has 1 atom stereocenters. The SMILES string of the molecule is CCCCCCCC/C=C\CCCCCCCC(=O)OC(N)CCCN.I.I. The third-order valence-electron chi connectivity index (χ3n) is 4.62. The van der Waals surface area contributed by atoms with E-state index in [1.165, 1.54) is 70.6 Å². The first-order valence-electron chi connectivity index (χ1n) is 11.0. The van der Waals surface area contributed by atoms with E-state index in [1.54, 1.807) is 0 Å². The van der Waals surface area contributed by atoms with Crippen LogP contribution in [0.5, 0.6) is 0 Å². The number of allylic oxidation sites excluding steroid dienone is 2. The van der Waals surface area contributed by atoms with Gasteiger partial charge in [-0.15, -0.1) is 48.0 Å². The van der Waals surface area contributed by atoms with Gasteiger partial charge in [-0.2, -0.15) is 0 Å². The van der Waals surface area contributed by atoms with E-state index >= 15 is 0 Å². The van der Waals surface area contributed by atoms with Crippen molar-refractivity contribution in [1.29, 1.82) is 0 Å². The minimum Gasteiger partial charge on any atom is -0.447 e. The first-order valence-corrected chi connectivity index (χ1v) is 11.0. The highest BCUT2D eigenvalue weighted by Crippen LogP contribution is 2.10. The van der Waals surface area contributed by atoms with Crippen LogP contribution in [0.2, 0.25) is 0 Å². The van der Waals surface area contributed by atoms with Crippen LogP contribution in [-0.4, -0.2) is 18.7 Å². The molecule has 0 spiro atoms. The zero-order chi connectivity index (χ0) is 19.3. The molecule has 0 heterocycles. The number of halogens is 2. The van der Waals surface area contributed by atoms with Crippen LogP contribution in [0.15, 0.2) is 12.2 Å². The standard InChI is InChI=1S/C22H44N2O2.2HI/c1-2-3-4-5-6-7-8-9-10-11-12-13-14-15-16-19-22(25)26-21(24)18-17-20-23;;/h9-10,21H,2-8,11-20,23-24H2,1H3;2*1H/b10-9-;;. The van der Waals surface area contributed by atoms with E-state index in [4.69, 9.17) is 16.2 Å². The van der Waals surface area contributed by atoms with E-state index in [-0.39, 0.29) is 53.9 Å². The zero-order valence-electron chi connectivity index (χ0n) is 18.0. The number of unbranched alkanes of at least 4 members (excludes halogenated alkanes) is 11. The van der Waals surface area contributed by atoms with Gasteiger partial charge in [0.15, 0.2) is 6.23 Å². The van der Waals surface area contributed by atoms with E-state index < -0.39 is 6.23 Å². The molecule has 28 heavy (non-hydrogen) atoms. The molecule has 0 aliphatic carbocycles. The average Bonchev–Trinajstić information content (AvgIpc) is 2.63. The summed E-state index contributed by atoms with van der Waals surface area (Å²) in [6, 6.07) is 0. The van der Waals surface area contributed by atoms with Crippen LogP contribution < -0.4 is 11.5 Å². The summed E-state index contributed by atoms with van der Waals surface area (Å²) in [5.74, 6) is -0.174. The molecular formula is C22H46I2N2O2. The highest BCUT2D eigenvalue weighted by molar-refractivity contribution is 14.0. The van der Waals surface area contributed by atoms with Crippen LogP contribution in [0.25, 0.3) is 0 Å². The van der Waals surface area contributed by atoms with Gasteiger partial charge in [-0.3, -0.25) is 10.5 Å². The lowest BCUT2D eigenvalue weighted by Gasteiger charge is -2.12. The van der Waals surface area contributed by atoms with Crippen LogP contribution in [0, 0.1) is 0 Å². The van der Waals surface area contributed by atoms with Crippen molar-refractivity contribution in [2.45, 2.75) is 116 Å². The molecule has 0 amide bonds. The van der Waals surface area contributed by atoms with Crippen LogP contribution >= 0.6 is 48.0 Å². The van der Waals surface area contributed by atoms with Crippen molar-refractivity contribution in [2.75, 3.05) is 6.54 Å². The van der Waals surface area contributed by atoms with Crippen LogP contribution in [-0.2, 0) is 9.53 Å². The molecule has 6 heteroatoms. The molecule has 0 aromatic heterocycles. The van der Waals surface area contributed by atoms with Gasteiger partial charge in [0.1, 0.15) is 0 Å². The highest BCUT2D eigenvalue weighted by atomic mass is 127. The average molecular weight is 624 g/mol. The molecule has 1 unspecified atom stereocenters. The summed E-state index contributed by atoms with van der Waals surface area (Å²) in [4.78, 5) is 11.6. The zero-order valence-corrected chi connectivity index (χ0v) is 22.7. The van der Waals surface area contributed by atoms with Gasteiger partial charge in [-0.25, -0.2) is 0 Å². The van der Waals surface area contributed by atoms with E-state index in [2.05, 4.69) is 19.1 Å². The van der Waals surface area contributed by atoms with Crippen molar-refractivity contribution in [2.24, 2.45) is 11.5 Å². The predicted molar refractivity (Wildman–Crippen MR) is 143 cm³/mol. The molecule has 0 aliphatic heterocycles. The Kier molecular flexibility index (Phi) is 32.7. The Balaban J connectivity index is -0.00000312. The fraction of sp³-hybridized carbons (Fsp3) is 0.864. The number of nitrogens with two attached hydrogens (primary N) is 2. The fourth-order valence-electron chi connectivity index (χ4n) is 2.95.